The van der Waals surface area contributed by atoms with Crippen molar-refractivity contribution in [1.82, 2.24) is 10.2 Å². The van der Waals surface area contributed by atoms with E-state index in [0.29, 0.717) is 40.2 Å². The molecule has 8 heteroatoms. The van der Waals surface area contributed by atoms with Gasteiger partial charge >= 0.3 is 6.03 Å². The number of amides is 3. The molecule has 0 bridgehead atoms. The highest BCUT2D eigenvalue weighted by atomic mass is 35.5. The predicted molar refractivity (Wildman–Crippen MR) is 111 cm³/mol. The number of hydrogen-bond acceptors (Lipinski definition) is 3. The summed E-state index contributed by atoms with van der Waals surface area (Å²) < 4.78 is 5.59. The molecule has 0 radical (unpaired) electrons. The number of likely N-dealkylation sites (N-methyl/N-ethyl adjacent to an activating group) is 1. The summed E-state index contributed by atoms with van der Waals surface area (Å²) >= 11 is 12.0. The Morgan fingerprint density at radius 3 is 2.54 bits per heavy atom. The van der Waals surface area contributed by atoms with E-state index in [-0.39, 0.29) is 18.0 Å². The molecule has 1 aliphatic carbocycles. The maximum absolute atomic E-state index is 12.4. The molecule has 0 aromatic heterocycles. The van der Waals surface area contributed by atoms with Gasteiger partial charge in [-0.3, -0.25) is 4.79 Å². The molecule has 0 unspecified atom stereocenters. The van der Waals surface area contributed by atoms with Crippen molar-refractivity contribution in [2.24, 2.45) is 0 Å². The van der Waals surface area contributed by atoms with E-state index < -0.39 is 0 Å². The van der Waals surface area contributed by atoms with Crippen molar-refractivity contribution in [3.05, 3.63) is 58.1 Å². The van der Waals surface area contributed by atoms with Crippen LogP contribution in [0.2, 0.25) is 10.0 Å². The second kappa shape index (κ2) is 9.17. The second-order valence-electron chi connectivity index (χ2n) is 6.60. The van der Waals surface area contributed by atoms with Gasteiger partial charge in [-0.2, -0.15) is 0 Å². The minimum atomic E-state index is -0.310. The molecular formula is C20H21Cl2N3O3. The number of carbonyl (C=O) groups is 2. The molecule has 2 N–H and O–H groups in total. The quantitative estimate of drug-likeness (QED) is 0.694. The summed E-state index contributed by atoms with van der Waals surface area (Å²) in [6.07, 6.45) is 1.98. The van der Waals surface area contributed by atoms with E-state index in [9.17, 15) is 9.59 Å². The van der Waals surface area contributed by atoms with Gasteiger partial charge in [0.25, 0.3) is 5.91 Å². The lowest BCUT2D eigenvalue weighted by molar-refractivity contribution is 0.0951. The first-order chi connectivity index (χ1) is 13.4. The zero-order chi connectivity index (χ0) is 20.1. The van der Waals surface area contributed by atoms with Crippen LogP contribution >= 0.6 is 23.2 Å². The second-order valence-corrected chi connectivity index (χ2v) is 7.44. The van der Waals surface area contributed by atoms with Gasteiger partial charge in [-0.25, -0.2) is 4.79 Å². The first kappa shape index (κ1) is 20.3. The number of anilines is 1. The van der Waals surface area contributed by atoms with Gasteiger partial charge < -0.3 is 20.3 Å². The Kier molecular flexibility index (Phi) is 6.65. The van der Waals surface area contributed by atoms with Gasteiger partial charge in [0.15, 0.2) is 0 Å². The van der Waals surface area contributed by atoms with Crippen molar-refractivity contribution >= 4 is 40.8 Å². The van der Waals surface area contributed by atoms with Gasteiger partial charge in [-0.05, 0) is 55.3 Å². The van der Waals surface area contributed by atoms with Crippen molar-refractivity contribution in [2.45, 2.75) is 18.9 Å². The minimum absolute atomic E-state index is 0.228. The Labute approximate surface area is 173 Å². The summed E-state index contributed by atoms with van der Waals surface area (Å²) in [6, 6.07) is 11.8. The summed E-state index contributed by atoms with van der Waals surface area (Å²) in [4.78, 5) is 26.1. The molecule has 0 atom stereocenters. The van der Waals surface area contributed by atoms with Crippen LogP contribution in [0.5, 0.6) is 5.75 Å². The molecule has 0 heterocycles. The summed E-state index contributed by atoms with van der Waals surface area (Å²) in [7, 11) is 1.66. The highest BCUT2D eigenvalue weighted by molar-refractivity contribution is 6.34. The van der Waals surface area contributed by atoms with Crippen LogP contribution < -0.4 is 15.4 Å². The largest absolute Gasteiger partial charge is 0.492 e. The highest BCUT2D eigenvalue weighted by Gasteiger charge is 2.25. The molecule has 1 saturated carbocycles. The van der Waals surface area contributed by atoms with Crippen LogP contribution in [-0.4, -0.2) is 43.1 Å². The van der Waals surface area contributed by atoms with Crippen LogP contribution in [0.25, 0.3) is 0 Å². The van der Waals surface area contributed by atoms with Crippen LogP contribution in [0.3, 0.4) is 0 Å². The fourth-order valence-electron chi connectivity index (χ4n) is 2.42. The number of benzene rings is 2. The first-order valence-electron chi connectivity index (χ1n) is 8.93. The zero-order valence-electron chi connectivity index (χ0n) is 15.4. The van der Waals surface area contributed by atoms with E-state index in [1.54, 1.807) is 49.5 Å². The molecule has 148 valence electrons. The Morgan fingerprint density at radius 1 is 1.14 bits per heavy atom. The third-order valence-electron chi connectivity index (χ3n) is 4.23. The van der Waals surface area contributed by atoms with E-state index in [1.165, 1.54) is 4.90 Å². The van der Waals surface area contributed by atoms with E-state index in [1.807, 2.05) is 0 Å². The number of carbonyl (C=O) groups excluding carboxylic acids is 2. The number of urea groups is 1. The lowest BCUT2D eigenvalue weighted by atomic mass is 10.2. The fraction of sp³-hybridized carbons (Fsp3) is 0.300. The molecule has 0 spiro atoms. The Hall–Kier alpha value is -2.44. The molecule has 1 aliphatic rings. The zero-order valence-corrected chi connectivity index (χ0v) is 16.9. The van der Waals surface area contributed by atoms with E-state index in [0.717, 1.165) is 12.8 Å². The molecule has 1 fully saturated rings. The van der Waals surface area contributed by atoms with Gasteiger partial charge in [0, 0.05) is 23.8 Å². The molecule has 2 aromatic rings. The molecule has 0 saturated heterocycles. The lowest BCUT2D eigenvalue weighted by Crippen LogP contribution is -2.34. The third kappa shape index (κ3) is 5.78. The number of halogens is 2. The maximum Gasteiger partial charge on any atom is 0.321 e. The average Bonchev–Trinajstić information content (AvgIpc) is 3.48. The van der Waals surface area contributed by atoms with Crippen molar-refractivity contribution in [3.63, 3.8) is 0 Å². The van der Waals surface area contributed by atoms with Crippen LogP contribution in [0.4, 0.5) is 10.5 Å². The van der Waals surface area contributed by atoms with Crippen LogP contribution in [0, 0.1) is 0 Å². The molecular weight excluding hydrogens is 401 g/mol. The first-order valence-corrected chi connectivity index (χ1v) is 9.69. The Balaban J connectivity index is 1.51. The molecule has 3 amide bonds. The summed E-state index contributed by atoms with van der Waals surface area (Å²) in [6.45, 7) is 0.721. The summed E-state index contributed by atoms with van der Waals surface area (Å²) in [5.74, 6) is 0.454. The molecule has 3 rings (SSSR count). The van der Waals surface area contributed by atoms with Crippen LogP contribution in [0.15, 0.2) is 42.5 Å². The average molecular weight is 422 g/mol. The van der Waals surface area contributed by atoms with Gasteiger partial charge in [0.1, 0.15) is 12.4 Å². The summed E-state index contributed by atoms with van der Waals surface area (Å²) in [5, 5.41) is 6.64. The van der Waals surface area contributed by atoms with Crippen molar-refractivity contribution in [2.75, 3.05) is 25.5 Å². The van der Waals surface area contributed by atoms with Gasteiger partial charge in [-0.1, -0.05) is 23.2 Å². The molecule has 28 heavy (non-hydrogen) atoms. The standard InChI is InChI=1S/C20H21Cl2N3O3/c1-25(10-11-28-16-7-2-13(21)3-8-16)20(27)24-15-6-9-18(22)17(12-15)19(26)23-14-4-5-14/h2-3,6-9,12,14H,4-5,10-11H2,1H3,(H,23,26)(H,24,27). The topological polar surface area (TPSA) is 70.7 Å². The number of rotatable bonds is 7. The fourth-order valence-corrected chi connectivity index (χ4v) is 2.75. The number of ether oxygens (including phenoxy) is 1. The van der Waals surface area contributed by atoms with Gasteiger partial charge in [-0.15, -0.1) is 0 Å². The molecule has 2 aromatic carbocycles. The van der Waals surface area contributed by atoms with Crippen molar-refractivity contribution in [3.8, 4) is 5.75 Å². The van der Waals surface area contributed by atoms with Crippen LogP contribution in [-0.2, 0) is 0 Å². The van der Waals surface area contributed by atoms with Gasteiger partial charge in [0.05, 0.1) is 17.1 Å². The predicted octanol–water partition coefficient (Wildman–Crippen LogP) is 4.43. The van der Waals surface area contributed by atoms with Crippen LogP contribution in [0.1, 0.15) is 23.2 Å². The van der Waals surface area contributed by atoms with Crippen molar-refractivity contribution in [1.29, 1.82) is 0 Å². The monoisotopic (exact) mass is 421 g/mol. The van der Waals surface area contributed by atoms with E-state index >= 15 is 0 Å². The molecule has 0 aliphatic heterocycles. The molecule has 6 nitrogen and oxygen atoms in total. The van der Waals surface area contributed by atoms with Crippen molar-refractivity contribution < 1.29 is 14.3 Å². The minimum Gasteiger partial charge on any atom is -0.492 e. The lowest BCUT2D eigenvalue weighted by Gasteiger charge is -2.18. The number of nitrogens with one attached hydrogen (secondary N) is 2. The number of hydrogen-bond donors (Lipinski definition) is 2. The Morgan fingerprint density at radius 2 is 1.86 bits per heavy atom. The summed E-state index contributed by atoms with van der Waals surface area (Å²) in [5.41, 5.74) is 0.848. The Bertz CT molecular complexity index is 854. The van der Waals surface area contributed by atoms with Gasteiger partial charge in [0.2, 0.25) is 0 Å². The normalized spacial score (nSPS) is 13.0. The SMILES string of the molecule is CN(CCOc1ccc(Cl)cc1)C(=O)Nc1ccc(Cl)c(C(=O)NC2CC2)c1. The van der Waals surface area contributed by atoms with E-state index in [4.69, 9.17) is 27.9 Å². The number of nitrogens with zero attached hydrogens (tertiary/aromatic N) is 1. The maximum atomic E-state index is 12.4. The third-order valence-corrected chi connectivity index (χ3v) is 4.81. The van der Waals surface area contributed by atoms with E-state index in [2.05, 4.69) is 10.6 Å². The highest BCUT2D eigenvalue weighted by Crippen LogP contribution is 2.24. The smallest absolute Gasteiger partial charge is 0.321 e.